The van der Waals surface area contributed by atoms with Gasteiger partial charge in [0.2, 0.25) is 5.95 Å². The highest BCUT2D eigenvalue weighted by molar-refractivity contribution is 7.15. The number of aryl methyl sites for hydroxylation is 2. The highest BCUT2D eigenvalue weighted by Crippen LogP contribution is 2.43. The third-order valence-corrected chi connectivity index (χ3v) is 7.36. The Morgan fingerprint density at radius 2 is 1.91 bits per heavy atom. The predicted molar refractivity (Wildman–Crippen MR) is 134 cm³/mol. The third-order valence-electron chi connectivity index (χ3n) is 6.08. The van der Waals surface area contributed by atoms with Crippen LogP contribution in [0.5, 0.6) is 0 Å². The quantitative estimate of drug-likeness (QED) is 0.336. The average molecular weight is 485 g/mol. The number of anilines is 2. The Hall–Kier alpha value is -3.04. The summed E-state index contributed by atoms with van der Waals surface area (Å²) in [7, 11) is 0. The van der Waals surface area contributed by atoms with Crippen LogP contribution in [-0.4, -0.2) is 36.4 Å². The van der Waals surface area contributed by atoms with Gasteiger partial charge in [-0.05, 0) is 74.8 Å². The van der Waals surface area contributed by atoms with Crippen LogP contribution in [0.25, 0.3) is 10.4 Å². The van der Waals surface area contributed by atoms with Crippen molar-refractivity contribution < 1.29 is 20.1 Å². The highest BCUT2D eigenvalue weighted by Gasteiger charge is 2.38. The lowest BCUT2D eigenvalue weighted by Gasteiger charge is -2.36. The number of carboxylic acid groups (broad SMARTS) is 2. The summed E-state index contributed by atoms with van der Waals surface area (Å²) in [5.74, 6) is 1.53. The maximum Gasteiger partial charge on any atom is 0.503 e. The molecule has 3 atom stereocenters. The van der Waals surface area contributed by atoms with E-state index in [9.17, 15) is 5.11 Å². The third kappa shape index (κ3) is 6.74. The van der Waals surface area contributed by atoms with Gasteiger partial charge in [-0.25, -0.2) is 19.7 Å². The van der Waals surface area contributed by atoms with Crippen molar-refractivity contribution in [3.8, 4) is 10.4 Å². The molecular formula is C25H32N4O4S. The maximum atomic E-state index is 11.3. The summed E-state index contributed by atoms with van der Waals surface area (Å²) in [6, 6.07) is 8.20. The van der Waals surface area contributed by atoms with Gasteiger partial charge in [-0.2, -0.15) is 0 Å². The van der Waals surface area contributed by atoms with E-state index in [-0.39, 0.29) is 5.92 Å². The van der Waals surface area contributed by atoms with Crippen molar-refractivity contribution in [3.63, 3.8) is 0 Å². The number of aromatic nitrogens is 3. The second-order valence-electron chi connectivity index (χ2n) is 9.16. The summed E-state index contributed by atoms with van der Waals surface area (Å²) in [6.45, 7) is 8.25. The van der Waals surface area contributed by atoms with Crippen molar-refractivity contribution in [2.24, 2.45) is 11.8 Å². The summed E-state index contributed by atoms with van der Waals surface area (Å²) in [5.41, 5.74) is 3.22. The van der Waals surface area contributed by atoms with Gasteiger partial charge >= 0.3 is 6.16 Å². The van der Waals surface area contributed by atoms with E-state index in [2.05, 4.69) is 52.3 Å². The second kappa shape index (κ2) is 10.9. The molecule has 4 rings (SSSR count). The smallest absolute Gasteiger partial charge is 0.450 e. The summed E-state index contributed by atoms with van der Waals surface area (Å²) < 4.78 is 0. The SMILES string of the molecule is Cc1cc(Nc2nccc(C)n2)cc(-c2cnc([C@](C)(O)[C@H]3CCC[C@@H](C)C3)s2)c1.O=C(O)O. The first-order chi connectivity index (χ1) is 16.0. The Morgan fingerprint density at radius 1 is 1.18 bits per heavy atom. The van der Waals surface area contributed by atoms with E-state index >= 15 is 0 Å². The van der Waals surface area contributed by atoms with E-state index in [1.807, 2.05) is 26.1 Å². The van der Waals surface area contributed by atoms with Gasteiger partial charge in [0.1, 0.15) is 10.6 Å². The molecule has 0 amide bonds. The minimum Gasteiger partial charge on any atom is -0.450 e. The zero-order valence-electron chi connectivity index (χ0n) is 19.9. The molecule has 0 aliphatic heterocycles. The molecule has 34 heavy (non-hydrogen) atoms. The molecule has 1 aliphatic carbocycles. The van der Waals surface area contributed by atoms with E-state index in [4.69, 9.17) is 15.0 Å². The van der Waals surface area contributed by atoms with Crippen LogP contribution in [0.1, 0.15) is 55.8 Å². The van der Waals surface area contributed by atoms with Crippen LogP contribution in [0.15, 0.2) is 36.7 Å². The fourth-order valence-electron chi connectivity index (χ4n) is 4.40. The van der Waals surface area contributed by atoms with E-state index in [0.717, 1.165) is 45.2 Å². The lowest BCUT2D eigenvalue weighted by Crippen LogP contribution is -2.34. The Kier molecular flexibility index (Phi) is 8.22. The first-order valence-corrected chi connectivity index (χ1v) is 12.2. The second-order valence-corrected chi connectivity index (χ2v) is 10.2. The molecule has 182 valence electrons. The fraction of sp³-hybridized carbons (Fsp3) is 0.440. The molecule has 1 saturated carbocycles. The Labute approximate surface area is 203 Å². The lowest BCUT2D eigenvalue weighted by atomic mass is 9.74. The molecule has 0 spiro atoms. The molecule has 1 aliphatic rings. The molecule has 2 aromatic heterocycles. The summed E-state index contributed by atoms with van der Waals surface area (Å²) in [5, 5.41) is 29.4. The molecule has 1 aromatic carbocycles. The summed E-state index contributed by atoms with van der Waals surface area (Å²) >= 11 is 1.59. The number of benzene rings is 1. The largest absolute Gasteiger partial charge is 0.503 e. The van der Waals surface area contributed by atoms with Crippen molar-refractivity contribution in [2.75, 3.05) is 5.32 Å². The van der Waals surface area contributed by atoms with E-state index < -0.39 is 11.8 Å². The summed E-state index contributed by atoms with van der Waals surface area (Å²) in [6.07, 6.45) is 6.40. The van der Waals surface area contributed by atoms with Gasteiger partial charge in [0.15, 0.2) is 0 Å². The number of nitrogens with one attached hydrogen (secondary N) is 1. The van der Waals surface area contributed by atoms with Gasteiger partial charge < -0.3 is 20.6 Å². The van der Waals surface area contributed by atoms with Crippen LogP contribution >= 0.6 is 11.3 Å². The Balaban J connectivity index is 0.000000751. The molecule has 0 saturated heterocycles. The minimum absolute atomic E-state index is 0.272. The minimum atomic E-state index is -1.83. The molecule has 3 aromatic rings. The normalized spacial score (nSPS) is 19.4. The van der Waals surface area contributed by atoms with Gasteiger partial charge in [0, 0.05) is 23.8 Å². The standard InChI is InChI=1S/C24H30N4OS.CH2O3/c1-15-6-5-7-19(11-15)24(4,29)22-26-14-21(30-22)18-10-16(2)12-20(13-18)28-23-25-9-8-17(3)27-23;2-1(3)4/h8-10,12-15,19,29H,5-7,11H2,1-4H3,(H,25,27,28);(H2,2,3,4)/t15-,19+,24-;/m1./s1. The number of rotatable bonds is 5. The van der Waals surface area contributed by atoms with E-state index in [0.29, 0.717) is 11.9 Å². The van der Waals surface area contributed by atoms with Crippen LogP contribution in [0.4, 0.5) is 16.4 Å². The molecule has 8 nitrogen and oxygen atoms in total. The Bertz CT molecular complexity index is 1130. The van der Waals surface area contributed by atoms with Gasteiger partial charge in [-0.3, -0.25) is 0 Å². The van der Waals surface area contributed by atoms with Crippen LogP contribution in [0.2, 0.25) is 0 Å². The summed E-state index contributed by atoms with van der Waals surface area (Å²) in [4.78, 5) is 23.0. The van der Waals surface area contributed by atoms with Crippen LogP contribution in [0.3, 0.4) is 0 Å². The van der Waals surface area contributed by atoms with Crippen LogP contribution < -0.4 is 5.32 Å². The Morgan fingerprint density at radius 3 is 2.59 bits per heavy atom. The molecule has 0 unspecified atom stereocenters. The predicted octanol–water partition coefficient (Wildman–Crippen LogP) is 6.22. The van der Waals surface area contributed by atoms with Crippen molar-refractivity contribution >= 4 is 29.1 Å². The van der Waals surface area contributed by atoms with Gasteiger partial charge in [-0.1, -0.05) is 25.8 Å². The molecule has 9 heteroatoms. The monoisotopic (exact) mass is 484 g/mol. The fourth-order valence-corrected chi connectivity index (χ4v) is 5.42. The zero-order valence-corrected chi connectivity index (χ0v) is 20.8. The maximum absolute atomic E-state index is 11.3. The van der Waals surface area contributed by atoms with Crippen LogP contribution in [0, 0.1) is 25.7 Å². The van der Waals surface area contributed by atoms with Crippen molar-refractivity contribution in [2.45, 2.75) is 59.0 Å². The average Bonchev–Trinajstić information content (AvgIpc) is 3.24. The number of carbonyl (C=O) groups is 1. The molecule has 4 N–H and O–H groups in total. The number of thiazole rings is 1. The van der Waals surface area contributed by atoms with Crippen molar-refractivity contribution in [3.05, 3.63) is 52.9 Å². The first-order valence-electron chi connectivity index (χ1n) is 11.3. The number of hydrogen-bond donors (Lipinski definition) is 4. The topological polar surface area (TPSA) is 128 Å². The number of nitrogens with zero attached hydrogens (tertiary/aromatic N) is 3. The highest BCUT2D eigenvalue weighted by atomic mass is 32.1. The van der Waals surface area contributed by atoms with Crippen molar-refractivity contribution in [1.29, 1.82) is 0 Å². The molecule has 1 fully saturated rings. The zero-order chi connectivity index (χ0) is 24.9. The van der Waals surface area contributed by atoms with Gasteiger partial charge in [0.25, 0.3) is 0 Å². The van der Waals surface area contributed by atoms with Gasteiger partial charge in [0.05, 0.1) is 4.88 Å². The first kappa shape index (κ1) is 25.6. The van der Waals surface area contributed by atoms with Gasteiger partial charge in [-0.15, -0.1) is 11.3 Å². The molecular weight excluding hydrogens is 452 g/mol. The molecule has 2 heterocycles. The van der Waals surface area contributed by atoms with E-state index in [1.165, 1.54) is 12.8 Å². The van der Waals surface area contributed by atoms with Crippen molar-refractivity contribution in [1.82, 2.24) is 15.0 Å². The van der Waals surface area contributed by atoms with Crippen LogP contribution in [-0.2, 0) is 5.60 Å². The molecule has 0 bridgehead atoms. The van der Waals surface area contributed by atoms with E-state index in [1.54, 1.807) is 17.5 Å². The number of hydrogen-bond acceptors (Lipinski definition) is 7. The molecule has 0 radical (unpaired) electrons. The number of aliphatic hydroxyl groups is 1. The lowest BCUT2D eigenvalue weighted by molar-refractivity contribution is -0.0295.